The van der Waals surface area contributed by atoms with Gasteiger partial charge in [0, 0.05) is 24.1 Å². The molecule has 0 N–H and O–H groups in total. The molecule has 1 aromatic heterocycles. The Morgan fingerprint density at radius 2 is 1.82 bits per heavy atom. The van der Waals surface area contributed by atoms with Crippen LogP contribution in [0.15, 0.2) is 83.4 Å². The van der Waals surface area contributed by atoms with E-state index in [1.165, 1.54) is 18.2 Å². The summed E-state index contributed by atoms with van der Waals surface area (Å²) < 4.78 is 24.4. The summed E-state index contributed by atoms with van der Waals surface area (Å²) >= 11 is 0. The highest BCUT2D eigenvalue weighted by molar-refractivity contribution is 5.94. The van der Waals surface area contributed by atoms with Crippen LogP contribution >= 0.6 is 0 Å². The number of benzene rings is 3. The zero-order chi connectivity index (χ0) is 23.2. The van der Waals surface area contributed by atoms with Gasteiger partial charge in [0.2, 0.25) is 11.7 Å². The van der Waals surface area contributed by atoms with Crippen molar-refractivity contribution in [2.24, 2.45) is 0 Å². The minimum absolute atomic E-state index is 0.231. The molecule has 33 heavy (non-hydrogen) atoms. The fraction of sp³-hybridized carbons (Fsp3) is 0.192. The van der Waals surface area contributed by atoms with Crippen LogP contribution < -0.4 is 4.74 Å². The zero-order valence-electron chi connectivity index (χ0n) is 18.4. The molecule has 0 saturated heterocycles. The number of amides is 1. The molecule has 0 saturated carbocycles. The lowest BCUT2D eigenvalue weighted by molar-refractivity contribution is 0.0688. The first-order valence-corrected chi connectivity index (χ1v) is 10.6. The van der Waals surface area contributed by atoms with E-state index in [4.69, 9.17) is 9.26 Å². The third-order valence-corrected chi connectivity index (χ3v) is 5.46. The molecule has 168 valence electrons. The molecule has 1 atom stereocenters. The predicted molar refractivity (Wildman–Crippen MR) is 122 cm³/mol. The molecule has 0 aliphatic rings. The number of hydrogen-bond donors (Lipinski definition) is 0. The molecule has 0 radical (unpaired) electrons. The van der Waals surface area contributed by atoms with Gasteiger partial charge < -0.3 is 14.2 Å². The normalized spacial score (nSPS) is 11.7. The Balaban J connectivity index is 1.54. The molecule has 0 spiro atoms. The number of ether oxygens (including phenoxy) is 1. The molecule has 0 fully saturated rings. The van der Waals surface area contributed by atoms with Crippen LogP contribution in [-0.2, 0) is 6.42 Å². The van der Waals surface area contributed by atoms with Crippen molar-refractivity contribution in [3.05, 3.63) is 102 Å². The highest BCUT2D eigenvalue weighted by Gasteiger charge is 2.24. The Bertz CT molecular complexity index is 1210. The first-order valence-electron chi connectivity index (χ1n) is 10.6. The minimum Gasteiger partial charge on any atom is -0.497 e. The van der Waals surface area contributed by atoms with Crippen molar-refractivity contribution in [1.29, 1.82) is 0 Å². The number of carbonyl (C=O) groups is 1. The van der Waals surface area contributed by atoms with E-state index < -0.39 is 5.82 Å². The van der Waals surface area contributed by atoms with Crippen molar-refractivity contribution < 1.29 is 18.4 Å². The summed E-state index contributed by atoms with van der Waals surface area (Å²) in [5.74, 6) is 0.906. The van der Waals surface area contributed by atoms with Gasteiger partial charge in [-0.1, -0.05) is 41.6 Å². The highest BCUT2D eigenvalue weighted by Crippen LogP contribution is 2.24. The van der Waals surface area contributed by atoms with Crippen LogP contribution in [0.25, 0.3) is 11.4 Å². The Kier molecular flexibility index (Phi) is 6.78. The van der Waals surface area contributed by atoms with Crippen LogP contribution in [0.1, 0.15) is 34.8 Å². The van der Waals surface area contributed by atoms with E-state index in [-0.39, 0.29) is 11.9 Å². The van der Waals surface area contributed by atoms with E-state index in [2.05, 4.69) is 10.1 Å². The summed E-state index contributed by atoms with van der Waals surface area (Å²) in [6.45, 7) is 2.28. The van der Waals surface area contributed by atoms with Gasteiger partial charge >= 0.3 is 0 Å². The van der Waals surface area contributed by atoms with Crippen molar-refractivity contribution in [3.63, 3.8) is 0 Å². The van der Waals surface area contributed by atoms with Gasteiger partial charge in [-0.3, -0.25) is 4.79 Å². The maximum absolute atomic E-state index is 13.8. The molecule has 0 aliphatic carbocycles. The van der Waals surface area contributed by atoms with Crippen LogP contribution in [0, 0.1) is 5.82 Å². The lowest BCUT2D eigenvalue weighted by Crippen LogP contribution is -2.35. The van der Waals surface area contributed by atoms with Gasteiger partial charge in [-0.15, -0.1) is 0 Å². The monoisotopic (exact) mass is 445 g/mol. The van der Waals surface area contributed by atoms with Gasteiger partial charge in [-0.2, -0.15) is 4.98 Å². The molecular weight excluding hydrogens is 421 g/mol. The average molecular weight is 445 g/mol. The van der Waals surface area contributed by atoms with E-state index in [0.717, 1.165) is 16.9 Å². The van der Waals surface area contributed by atoms with Gasteiger partial charge in [-0.25, -0.2) is 4.39 Å². The smallest absolute Gasteiger partial charge is 0.254 e. The summed E-state index contributed by atoms with van der Waals surface area (Å²) in [5.41, 5.74) is 2.07. The predicted octanol–water partition coefficient (Wildman–Crippen LogP) is 5.33. The quantitative estimate of drug-likeness (QED) is 0.367. The minimum atomic E-state index is -0.450. The van der Waals surface area contributed by atoms with Crippen molar-refractivity contribution in [2.75, 3.05) is 13.7 Å². The van der Waals surface area contributed by atoms with Crippen LogP contribution in [0.3, 0.4) is 0 Å². The molecule has 1 unspecified atom stereocenters. The Morgan fingerprint density at radius 1 is 1.06 bits per heavy atom. The summed E-state index contributed by atoms with van der Waals surface area (Å²) in [5, 5.41) is 4.06. The number of halogens is 1. The summed E-state index contributed by atoms with van der Waals surface area (Å²) in [4.78, 5) is 19.5. The van der Waals surface area contributed by atoms with Crippen LogP contribution in [-0.4, -0.2) is 34.6 Å². The molecule has 4 rings (SSSR count). The highest BCUT2D eigenvalue weighted by atomic mass is 19.1. The Labute approximate surface area is 191 Å². The van der Waals surface area contributed by atoms with Crippen molar-refractivity contribution in [3.8, 4) is 17.1 Å². The van der Waals surface area contributed by atoms with Crippen molar-refractivity contribution in [1.82, 2.24) is 15.0 Å². The second-order valence-electron chi connectivity index (χ2n) is 7.59. The maximum Gasteiger partial charge on any atom is 0.254 e. The molecule has 7 heteroatoms. The van der Waals surface area contributed by atoms with Crippen molar-refractivity contribution in [2.45, 2.75) is 19.4 Å². The molecule has 1 heterocycles. The maximum atomic E-state index is 13.8. The number of hydrogen-bond acceptors (Lipinski definition) is 5. The summed E-state index contributed by atoms with van der Waals surface area (Å²) in [6, 6.07) is 22.6. The lowest BCUT2D eigenvalue weighted by Gasteiger charge is -2.29. The SMILES string of the molecule is COc1ccc(-c2noc(CCN(C(=O)c3cccc(F)c3)C(C)c3ccccc3)n2)cc1. The van der Waals surface area contributed by atoms with Gasteiger partial charge in [0.1, 0.15) is 11.6 Å². The number of rotatable bonds is 8. The summed E-state index contributed by atoms with van der Waals surface area (Å²) in [6.07, 6.45) is 0.362. The fourth-order valence-electron chi connectivity index (χ4n) is 3.60. The molecular formula is C26H24FN3O3. The van der Waals surface area contributed by atoms with E-state index in [9.17, 15) is 9.18 Å². The molecule has 3 aromatic carbocycles. The molecule has 4 aromatic rings. The number of aromatic nitrogens is 2. The van der Waals surface area contributed by atoms with Gasteiger partial charge in [-0.05, 0) is 55.0 Å². The standard InChI is InChI=1S/C26H24FN3O3/c1-18(19-7-4-3-5-8-19)30(26(31)21-9-6-10-22(27)17-21)16-15-24-28-25(29-33-24)20-11-13-23(32-2)14-12-20/h3-14,17-18H,15-16H2,1-2H3. The Morgan fingerprint density at radius 3 is 2.52 bits per heavy atom. The fourth-order valence-corrected chi connectivity index (χ4v) is 3.60. The van der Waals surface area contributed by atoms with Gasteiger partial charge in [0.05, 0.1) is 13.2 Å². The van der Waals surface area contributed by atoms with Crippen LogP contribution in [0.5, 0.6) is 5.75 Å². The van der Waals surface area contributed by atoms with Gasteiger partial charge in [0.25, 0.3) is 5.91 Å². The first kappa shape index (κ1) is 22.2. The molecule has 1 amide bonds. The molecule has 0 bridgehead atoms. The van der Waals surface area contributed by atoms with Crippen LogP contribution in [0.2, 0.25) is 0 Å². The number of methoxy groups -OCH3 is 1. The van der Waals surface area contributed by atoms with Crippen molar-refractivity contribution >= 4 is 5.91 Å². The van der Waals surface area contributed by atoms with E-state index in [1.54, 1.807) is 18.1 Å². The second kappa shape index (κ2) is 10.1. The van der Waals surface area contributed by atoms with E-state index in [1.807, 2.05) is 61.5 Å². The lowest BCUT2D eigenvalue weighted by atomic mass is 10.0. The topological polar surface area (TPSA) is 68.5 Å². The molecule has 0 aliphatic heterocycles. The third-order valence-electron chi connectivity index (χ3n) is 5.46. The molecule has 6 nitrogen and oxygen atoms in total. The largest absolute Gasteiger partial charge is 0.497 e. The van der Waals surface area contributed by atoms with E-state index >= 15 is 0 Å². The average Bonchev–Trinajstić information content (AvgIpc) is 3.33. The second-order valence-corrected chi connectivity index (χ2v) is 7.59. The number of nitrogens with zero attached hydrogens (tertiary/aromatic N) is 3. The van der Waals surface area contributed by atoms with Crippen LogP contribution in [0.4, 0.5) is 4.39 Å². The Hall–Kier alpha value is -4.00. The van der Waals surface area contributed by atoms with Gasteiger partial charge in [0.15, 0.2) is 0 Å². The number of carbonyl (C=O) groups excluding carboxylic acids is 1. The van der Waals surface area contributed by atoms with E-state index in [0.29, 0.717) is 30.2 Å². The first-order chi connectivity index (χ1) is 16.0. The zero-order valence-corrected chi connectivity index (χ0v) is 18.4. The third kappa shape index (κ3) is 5.26. The summed E-state index contributed by atoms with van der Waals surface area (Å²) in [7, 11) is 1.61.